The fraction of sp³-hybridized carbons (Fsp3) is 0.618. The third kappa shape index (κ3) is 8.74. The van der Waals surface area contributed by atoms with E-state index in [4.69, 9.17) is 0 Å². The molecule has 4 rings (SSSR count). The summed E-state index contributed by atoms with van der Waals surface area (Å²) in [6.45, 7) is 9.66. The van der Waals surface area contributed by atoms with E-state index in [-0.39, 0.29) is 23.2 Å². The Morgan fingerprint density at radius 1 is 1.04 bits per heavy atom. The predicted molar refractivity (Wildman–Crippen MR) is 175 cm³/mol. The first-order valence-corrected chi connectivity index (χ1v) is 16.7. The molecule has 1 aliphatic heterocycles. The van der Waals surface area contributed by atoms with Gasteiger partial charge in [0.25, 0.3) is 11.8 Å². The van der Waals surface area contributed by atoms with E-state index in [0.717, 1.165) is 31.7 Å². The molecule has 1 saturated carbocycles. The van der Waals surface area contributed by atoms with Crippen LogP contribution in [-0.2, 0) is 20.9 Å². The number of anilines is 1. The van der Waals surface area contributed by atoms with Gasteiger partial charge in [0.1, 0.15) is 23.6 Å². The minimum Gasteiger partial charge on any atom is -0.339 e. The summed E-state index contributed by atoms with van der Waals surface area (Å²) in [5.74, 6) is -8.26. The topological polar surface area (TPSA) is 129 Å². The van der Waals surface area contributed by atoms with Gasteiger partial charge in [-0.15, -0.1) is 0 Å². The highest BCUT2D eigenvalue weighted by Gasteiger charge is 2.40. The third-order valence-corrected chi connectivity index (χ3v) is 9.85. The maximum absolute atomic E-state index is 15.7. The lowest BCUT2D eigenvalue weighted by Crippen LogP contribution is -2.59. The minimum atomic E-state index is -3.73. The number of hydrogen-bond donors (Lipinski definition) is 3. The average molecular weight is 676 g/mol. The number of aryl methyl sites for hydroxylation is 1. The molecule has 0 bridgehead atoms. The monoisotopic (exact) mass is 675 g/mol. The number of benzene rings is 1. The molecule has 2 aromatic rings. The Hall–Kier alpha value is -3.94. The molecule has 1 saturated heterocycles. The van der Waals surface area contributed by atoms with Crippen molar-refractivity contribution in [3.63, 3.8) is 0 Å². The van der Waals surface area contributed by atoms with E-state index in [9.17, 15) is 28.0 Å². The van der Waals surface area contributed by atoms with Gasteiger partial charge in [-0.2, -0.15) is 13.9 Å². The van der Waals surface area contributed by atoms with Crippen molar-refractivity contribution >= 4 is 29.3 Å². The molecule has 0 spiro atoms. The second kappa shape index (κ2) is 15.5. The maximum atomic E-state index is 15.7. The number of carbonyl (C=O) groups is 4. The predicted octanol–water partition coefficient (Wildman–Crippen LogP) is 4.01. The summed E-state index contributed by atoms with van der Waals surface area (Å²) in [5.41, 5.74) is 0.439. The van der Waals surface area contributed by atoms with Crippen molar-refractivity contribution in [2.75, 3.05) is 32.0 Å². The smallest absolute Gasteiger partial charge is 0.321 e. The first-order valence-electron chi connectivity index (χ1n) is 16.7. The summed E-state index contributed by atoms with van der Waals surface area (Å²) in [6.07, 6.45) is 4.74. The van der Waals surface area contributed by atoms with Gasteiger partial charge in [-0.25, -0.2) is 4.39 Å². The van der Waals surface area contributed by atoms with Gasteiger partial charge < -0.3 is 25.8 Å². The van der Waals surface area contributed by atoms with Gasteiger partial charge in [0, 0.05) is 51.3 Å². The molecule has 0 radical (unpaired) electrons. The maximum Gasteiger partial charge on any atom is 0.321 e. The number of likely N-dealkylation sites (N-methyl/N-ethyl adjacent to an activating group) is 1. The van der Waals surface area contributed by atoms with Crippen LogP contribution in [0.1, 0.15) is 82.3 Å². The Labute approximate surface area is 280 Å². The highest BCUT2D eigenvalue weighted by atomic mass is 19.3. The van der Waals surface area contributed by atoms with E-state index < -0.39 is 53.4 Å². The lowest BCUT2D eigenvalue weighted by molar-refractivity contribution is -0.148. The van der Waals surface area contributed by atoms with Gasteiger partial charge in [-0.1, -0.05) is 32.8 Å². The molecule has 11 nitrogen and oxygen atoms in total. The van der Waals surface area contributed by atoms with Crippen molar-refractivity contribution < 1.29 is 32.3 Å². The molecule has 1 aliphatic carbocycles. The first kappa shape index (κ1) is 36.9. The molecule has 4 atom stereocenters. The number of rotatable bonds is 11. The molecular weight excluding hydrogens is 627 g/mol. The van der Waals surface area contributed by atoms with Crippen LogP contribution in [-0.4, -0.2) is 93.9 Å². The Balaban J connectivity index is 1.55. The molecular formula is C34H48F3N7O4. The molecule has 0 unspecified atom stereocenters. The minimum absolute atomic E-state index is 0.0155. The molecule has 3 N–H and O–H groups in total. The first-order chi connectivity index (χ1) is 22.6. The molecule has 2 heterocycles. The molecule has 264 valence electrons. The highest BCUT2D eigenvalue weighted by molar-refractivity contribution is 6.00. The molecule has 2 aliphatic rings. The van der Waals surface area contributed by atoms with E-state index in [1.807, 2.05) is 20.9 Å². The lowest BCUT2D eigenvalue weighted by atomic mass is 9.79. The fourth-order valence-corrected chi connectivity index (χ4v) is 6.44. The van der Waals surface area contributed by atoms with Crippen LogP contribution in [0.4, 0.5) is 18.9 Å². The van der Waals surface area contributed by atoms with Crippen molar-refractivity contribution in [3.05, 3.63) is 47.5 Å². The van der Waals surface area contributed by atoms with E-state index >= 15 is 4.39 Å². The average Bonchev–Trinajstić information content (AvgIpc) is 3.53. The lowest BCUT2D eigenvalue weighted by Gasteiger charge is -2.40. The number of carbonyl (C=O) groups excluding carboxylic acids is 4. The summed E-state index contributed by atoms with van der Waals surface area (Å²) in [6, 6.07) is 3.22. The number of nitrogens with zero attached hydrogens (tertiary/aromatic N) is 4. The van der Waals surface area contributed by atoms with Crippen LogP contribution in [0.15, 0.2) is 30.5 Å². The quantitative estimate of drug-likeness (QED) is 0.330. The zero-order valence-corrected chi connectivity index (χ0v) is 28.6. The van der Waals surface area contributed by atoms with E-state index in [1.165, 1.54) is 27.9 Å². The van der Waals surface area contributed by atoms with Crippen LogP contribution in [0, 0.1) is 17.7 Å². The highest BCUT2D eigenvalue weighted by Crippen LogP contribution is 2.32. The fourth-order valence-electron chi connectivity index (χ4n) is 6.44. The van der Waals surface area contributed by atoms with Gasteiger partial charge in [-0.3, -0.25) is 23.9 Å². The Morgan fingerprint density at radius 3 is 2.33 bits per heavy atom. The summed E-state index contributed by atoms with van der Waals surface area (Å²) in [5, 5.41) is 11.8. The number of hydrogen-bond acceptors (Lipinski definition) is 6. The van der Waals surface area contributed by atoms with Gasteiger partial charge in [0.05, 0.1) is 5.69 Å². The van der Waals surface area contributed by atoms with Gasteiger partial charge >= 0.3 is 5.92 Å². The SMILES string of the molecule is CCn1nccc1C(=O)N[C@H](C(=O)Nc1ccc([C@H](C)[C@@H](NC(=O)C(C)(F)F)C(=O)N2CCN(C)[C@@H](C)C2)cc1F)C1CCC(C)CC1. The zero-order valence-electron chi connectivity index (χ0n) is 28.6. The van der Waals surface area contributed by atoms with E-state index in [2.05, 4.69) is 32.9 Å². The second-order valence-corrected chi connectivity index (χ2v) is 13.5. The van der Waals surface area contributed by atoms with Gasteiger partial charge in [0.2, 0.25) is 11.8 Å². The normalized spacial score (nSPS) is 22.4. The summed E-state index contributed by atoms with van der Waals surface area (Å²) < 4.78 is 45.1. The zero-order chi connectivity index (χ0) is 35.3. The van der Waals surface area contributed by atoms with Crippen molar-refractivity contribution in [1.82, 2.24) is 30.2 Å². The Morgan fingerprint density at radius 2 is 1.73 bits per heavy atom. The molecule has 48 heavy (non-hydrogen) atoms. The third-order valence-electron chi connectivity index (χ3n) is 9.85. The van der Waals surface area contributed by atoms with Gasteiger partial charge in [-0.05, 0) is 69.3 Å². The molecule has 2 fully saturated rings. The number of alkyl halides is 2. The van der Waals surface area contributed by atoms with E-state index in [1.54, 1.807) is 13.0 Å². The number of halogens is 3. The number of amides is 4. The molecule has 1 aromatic carbocycles. The van der Waals surface area contributed by atoms with E-state index in [0.29, 0.717) is 44.7 Å². The summed E-state index contributed by atoms with van der Waals surface area (Å²) in [4.78, 5) is 56.5. The Bertz CT molecular complexity index is 1470. The van der Waals surface area contributed by atoms with Crippen molar-refractivity contribution in [2.24, 2.45) is 11.8 Å². The number of piperazine rings is 1. The van der Waals surface area contributed by atoms with Crippen molar-refractivity contribution in [2.45, 2.75) is 96.8 Å². The van der Waals surface area contributed by atoms with Crippen LogP contribution in [0.2, 0.25) is 0 Å². The number of nitrogens with one attached hydrogen (secondary N) is 3. The second-order valence-electron chi connectivity index (χ2n) is 13.5. The Kier molecular flexibility index (Phi) is 11.9. The summed E-state index contributed by atoms with van der Waals surface area (Å²) in [7, 11) is 1.92. The molecule has 1 aromatic heterocycles. The van der Waals surface area contributed by atoms with Gasteiger partial charge in [0.15, 0.2) is 0 Å². The molecule has 14 heteroatoms. The van der Waals surface area contributed by atoms with Crippen LogP contribution in [0.3, 0.4) is 0 Å². The van der Waals surface area contributed by atoms with Crippen molar-refractivity contribution in [1.29, 1.82) is 0 Å². The van der Waals surface area contributed by atoms with Crippen LogP contribution in [0.5, 0.6) is 0 Å². The van der Waals surface area contributed by atoms with Crippen LogP contribution >= 0.6 is 0 Å². The summed E-state index contributed by atoms with van der Waals surface area (Å²) >= 11 is 0. The number of aromatic nitrogens is 2. The largest absolute Gasteiger partial charge is 0.339 e. The van der Waals surface area contributed by atoms with Crippen molar-refractivity contribution in [3.8, 4) is 0 Å². The van der Waals surface area contributed by atoms with Crippen LogP contribution in [0.25, 0.3) is 0 Å². The van der Waals surface area contributed by atoms with Crippen LogP contribution < -0.4 is 16.0 Å². The standard InChI is InChI=1S/C34H48F3N7O4/c1-7-44-27(14-15-38-44)30(45)40-29(23-10-8-20(2)9-11-23)31(46)39-26-13-12-24(18-25(26)35)22(4)28(41-33(48)34(5,36)37)32(47)43-17-16-42(6)21(3)19-43/h12-15,18,20-23,28-29H,7-11,16-17,19H2,1-6H3,(H,39,46)(H,40,45)(H,41,48)/t20?,21-,22-,23?,28+,29-/m0/s1. The molecule has 4 amide bonds.